The van der Waals surface area contributed by atoms with Crippen molar-refractivity contribution in [2.75, 3.05) is 0 Å². The summed E-state index contributed by atoms with van der Waals surface area (Å²) in [7, 11) is 0. The number of hydrogen-bond donors (Lipinski definition) is 0. The predicted octanol–water partition coefficient (Wildman–Crippen LogP) is 8.61. The summed E-state index contributed by atoms with van der Waals surface area (Å²) in [6, 6.07) is 57.6. The summed E-state index contributed by atoms with van der Waals surface area (Å²) >= 11 is 0. The van der Waals surface area contributed by atoms with Gasteiger partial charge in [0.15, 0.2) is 11.2 Å². The van der Waals surface area contributed by atoms with E-state index in [4.69, 9.17) is 9.47 Å². The summed E-state index contributed by atoms with van der Waals surface area (Å²) in [5.41, 5.74) is 2.09. The first kappa shape index (κ1) is 30.0. The van der Waals surface area contributed by atoms with Crippen molar-refractivity contribution in [2.45, 2.75) is 11.2 Å². The zero-order chi connectivity index (χ0) is 31.7. The summed E-state index contributed by atoms with van der Waals surface area (Å²) < 4.78 is 12.8. The van der Waals surface area contributed by atoms with Gasteiger partial charge < -0.3 is 9.47 Å². The number of carbonyl (C=O) groups is 2. The van der Waals surface area contributed by atoms with Gasteiger partial charge in [-0.05, 0) is 0 Å². The number of hydrogen-bond acceptors (Lipinski definition) is 4. The molecule has 6 rings (SSSR count). The molecule has 0 N–H and O–H groups in total. The van der Waals surface area contributed by atoms with E-state index in [9.17, 15) is 9.59 Å². The first-order valence-electron chi connectivity index (χ1n) is 15.1. The Hall–Kier alpha value is -6.00. The topological polar surface area (TPSA) is 52.6 Å². The summed E-state index contributed by atoms with van der Waals surface area (Å²) in [4.78, 5) is 27.5. The third-order valence-corrected chi connectivity index (χ3v) is 7.94. The molecule has 0 radical (unpaired) electrons. The van der Waals surface area contributed by atoms with Gasteiger partial charge in [0.05, 0.1) is 0 Å². The van der Waals surface area contributed by atoms with Gasteiger partial charge in [-0.15, -0.1) is 0 Å². The summed E-state index contributed by atoms with van der Waals surface area (Å²) in [5.74, 6) is -1.39. The summed E-state index contributed by atoms with van der Waals surface area (Å²) in [6.07, 6.45) is 2.27. The lowest BCUT2D eigenvalue weighted by Crippen LogP contribution is -2.35. The molecular weight excluding hydrogens is 568 g/mol. The van der Waals surface area contributed by atoms with Crippen molar-refractivity contribution in [3.8, 4) is 0 Å². The van der Waals surface area contributed by atoms with Crippen LogP contribution in [0.2, 0.25) is 0 Å². The van der Waals surface area contributed by atoms with Crippen LogP contribution >= 0.6 is 0 Å². The Morgan fingerprint density at radius 3 is 0.674 bits per heavy atom. The first-order valence-corrected chi connectivity index (χ1v) is 15.1. The second kappa shape index (κ2) is 13.7. The van der Waals surface area contributed by atoms with Crippen molar-refractivity contribution in [3.63, 3.8) is 0 Å². The Labute approximate surface area is 269 Å². The van der Waals surface area contributed by atoms with Crippen LogP contribution in [0.4, 0.5) is 0 Å². The minimum absolute atomic E-state index is 0.696. The molecule has 0 amide bonds. The molecular formula is C42H32O4. The molecule has 0 aliphatic heterocycles. The smallest absolute Gasteiger partial charge is 0.332 e. The molecule has 0 fully saturated rings. The minimum atomic E-state index is -1.27. The van der Waals surface area contributed by atoms with Crippen LogP contribution in [0.3, 0.4) is 0 Å². The van der Waals surface area contributed by atoms with E-state index in [1.807, 2.05) is 182 Å². The van der Waals surface area contributed by atoms with Crippen molar-refractivity contribution in [1.82, 2.24) is 0 Å². The standard InChI is InChI=1S/C42H32O4/c43-39(45-41(33-19-7-1-8-20-33,34-21-9-2-10-22-34)35-23-11-3-12-24-35)31-32-40(44)46-42(36-25-13-4-14-26-36,37-27-15-5-16-28-37)38-29-17-6-18-30-38/h1-32H. The maximum absolute atomic E-state index is 13.7. The van der Waals surface area contributed by atoms with E-state index < -0.39 is 23.1 Å². The fourth-order valence-corrected chi connectivity index (χ4v) is 5.90. The molecule has 0 atom stereocenters. The molecule has 6 aromatic carbocycles. The number of esters is 2. The molecule has 4 heteroatoms. The minimum Gasteiger partial charge on any atom is -0.441 e. The quantitative estimate of drug-likeness (QED) is 0.0898. The summed E-state index contributed by atoms with van der Waals surface area (Å²) in [6.45, 7) is 0. The number of rotatable bonds is 10. The molecule has 0 spiro atoms. The van der Waals surface area contributed by atoms with E-state index in [2.05, 4.69) is 0 Å². The molecule has 0 aliphatic rings. The lowest BCUT2D eigenvalue weighted by atomic mass is 9.80. The van der Waals surface area contributed by atoms with E-state index >= 15 is 0 Å². The normalized spacial score (nSPS) is 11.6. The number of ether oxygens (including phenoxy) is 2. The van der Waals surface area contributed by atoms with Crippen LogP contribution in [-0.2, 0) is 30.3 Å². The third-order valence-electron chi connectivity index (χ3n) is 7.94. The molecule has 4 nitrogen and oxygen atoms in total. The van der Waals surface area contributed by atoms with Crippen molar-refractivity contribution in [3.05, 3.63) is 228 Å². The third kappa shape index (κ3) is 6.01. The zero-order valence-corrected chi connectivity index (χ0v) is 25.1. The van der Waals surface area contributed by atoms with Crippen molar-refractivity contribution >= 4 is 11.9 Å². The van der Waals surface area contributed by atoms with Gasteiger partial charge in [-0.2, -0.15) is 0 Å². The highest BCUT2D eigenvalue weighted by Gasteiger charge is 2.41. The second-order valence-electron chi connectivity index (χ2n) is 10.7. The molecule has 0 aromatic heterocycles. The lowest BCUT2D eigenvalue weighted by molar-refractivity contribution is -0.150. The molecule has 6 aromatic rings. The first-order chi connectivity index (χ1) is 22.6. The fraction of sp³-hybridized carbons (Fsp3) is 0.0476. The SMILES string of the molecule is O=C(C=CC(=O)OC(c1ccccc1)(c1ccccc1)c1ccccc1)OC(c1ccccc1)(c1ccccc1)c1ccccc1. The van der Waals surface area contributed by atoms with Gasteiger partial charge in [-0.25, -0.2) is 9.59 Å². The highest BCUT2D eigenvalue weighted by Crippen LogP contribution is 2.42. The van der Waals surface area contributed by atoms with Crippen LogP contribution in [0, 0.1) is 0 Å². The second-order valence-corrected chi connectivity index (χ2v) is 10.7. The molecule has 0 bridgehead atoms. The van der Waals surface area contributed by atoms with E-state index in [1.54, 1.807) is 0 Å². The fourth-order valence-electron chi connectivity index (χ4n) is 5.90. The van der Waals surface area contributed by atoms with Gasteiger partial charge in [-0.3, -0.25) is 0 Å². The monoisotopic (exact) mass is 600 g/mol. The van der Waals surface area contributed by atoms with Gasteiger partial charge in [0.25, 0.3) is 0 Å². The average Bonchev–Trinajstić information content (AvgIpc) is 3.14. The average molecular weight is 601 g/mol. The van der Waals surface area contributed by atoms with Gasteiger partial charge in [0.2, 0.25) is 0 Å². The van der Waals surface area contributed by atoms with Gasteiger partial charge in [0.1, 0.15) is 0 Å². The molecule has 224 valence electrons. The van der Waals surface area contributed by atoms with Crippen LogP contribution in [0.15, 0.2) is 194 Å². The maximum Gasteiger partial charge on any atom is 0.332 e. The number of benzene rings is 6. The molecule has 0 heterocycles. The number of carbonyl (C=O) groups excluding carboxylic acids is 2. The van der Waals surface area contributed by atoms with E-state index in [1.165, 1.54) is 0 Å². The van der Waals surface area contributed by atoms with E-state index in [0.717, 1.165) is 45.5 Å². The Bertz CT molecular complexity index is 1550. The lowest BCUT2D eigenvalue weighted by Gasteiger charge is -2.35. The van der Waals surface area contributed by atoms with Crippen LogP contribution in [0.1, 0.15) is 33.4 Å². The molecule has 0 aliphatic carbocycles. The highest BCUT2D eigenvalue weighted by atomic mass is 16.6. The van der Waals surface area contributed by atoms with Crippen molar-refractivity contribution in [2.24, 2.45) is 0 Å². The van der Waals surface area contributed by atoms with Gasteiger partial charge >= 0.3 is 11.9 Å². The zero-order valence-electron chi connectivity index (χ0n) is 25.1. The highest BCUT2D eigenvalue weighted by molar-refractivity contribution is 5.92. The Morgan fingerprint density at radius 2 is 0.500 bits per heavy atom. The van der Waals surface area contributed by atoms with Crippen LogP contribution < -0.4 is 0 Å². The molecule has 0 unspecified atom stereocenters. The Kier molecular flexibility index (Phi) is 8.98. The van der Waals surface area contributed by atoms with Gasteiger partial charge in [0, 0.05) is 45.5 Å². The van der Waals surface area contributed by atoms with Crippen LogP contribution in [0.25, 0.3) is 0 Å². The Morgan fingerprint density at radius 1 is 0.326 bits per heavy atom. The molecule has 46 heavy (non-hydrogen) atoms. The van der Waals surface area contributed by atoms with Crippen LogP contribution in [-0.4, -0.2) is 11.9 Å². The Balaban J connectivity index is 1.38. The van der Waals surface area contributed by atoms with E-state index in [-0.39, 0.29) is 0 Å². The van der Waals surface area contributed by atoms with Crippen LogP contribution in [0.5, 0.6) is 0 Å². The van der Waals surface area contributed by atoms with E-state index in [0.29, 0.717) is 0 Å². The maximum atomic E-state index is 13.7. The largest absolute Gasteiger partial charge is 0.441 e. The molecule has 0 saturated heterocycles. The molecule has 0 saturated carbocycles. The van der Waals surface area contributed by atoms with Gasteiger partial charge in [-0.1, -0.05) is 182 Å². The van der Waals surface area contributed by atoms with Crippen molar-refractivity contribution in [1.29, 1.82) is 0 Å². The predicted molar refractivity (Wildman–Crippen MR) is 180 cm³/mol. The summed E-state index contributed by atoms with van der Waals surface area (Å²) in [5, 5.41) is 0. The van der Waals surface area contributed by atoms with Crippen molar-refractivity contribution < 1.29 is 19.1 Å².